The maximum atomic E-state index is 12.7. The van der Waals surface area contributed by atoms with Gasteiger partial charge in [-0.1, -0.05) is 32.0 Å². The van der Waals surface area contributed by atoms with Gasteiger partial charge in [0.1, 0.15) is 5.75 Å². The van der Waals surface area contributed by atoms with E-state index in [0.717, 1.165) is 44.6 Å². The molecule has 1 saturated heterocycles. The SMILES string of the molecule is CCN(CC)S(=O)(=O)N(C)C[C@@H]1CCCN(CCc2ccccc2OC)C1. The Balaban J connectivity index is 1.90. The van der Waals surface area contributed by atoms with Gasteiger partial charge in [0.2, 0.25) is 0 Å². The lowest BCUT2D eigenvalue weighted by Gasteiger charge is -2.35. The number of hydrogen-bond donors (Lipinski definition) is 0. The van der Waals surface area contributed by atoms with Gasteiger partial charge in [0.15, 0.2) is 0 Å². The highest BCUT2D eigenvalue weighted by molar-refractivity contribution is 7.86. The summed E-state index contributed by atoms with van der Waals surface area (Å²) in [7, 11) is 0.0693. The Hall–Kier alpha value is -1.15. The van der Waals surface area contributed by atoms with Crippen LogP contribution in [0.25, 0.3) is 0 Å². The molecule has 0 radical (unpaired) electrons. The highest BCUT2D eigenvalue weighted by Crippen LogP contribution is 2.22. The van der Waals surface area contributed by atoms with E-state index in [-0.39, 0.29) is 0 Å². The van der Waals surface area contributed by atoms with Crippen LogP contribution in [-0.2, 0) is 16.6 Å². The van der Waals surface area contributed by atoms with Gasteiger partial charge in [0.25, 0.3) is 10.2 Å². The molecule has 27 heavy (non-hydrogen) atoms. The number of para-hydroxylation sites is 1. The molecule has 6 nitrogen and oxygen atoms in total. The van der Waals surface area contributed by atoms with Crippen molar-refractivity contribution in [3.05, 3.63) is 29.8 Å². The van der Waals surface area contributed by atoms with Crippen LogP contribution in [0.3, 0.4) is 0 Å². The van der Waals surface area contributed by atoms with Crippen LogP contribution in [-0.4, -0.2) is 75.4 Å². The summed E-state index contributed by atoms with van der Waals surface area (Å²) in [5.41, 5.74) is 1.23. The van der Waals surface area contributed by atoms with Crippen LogP contribution in [0.5, 0.6) is 5.75 Å². The fourth-order valence-electron chi connectivity index (χ4n) is 3.90. The zero-order valence-corrected chi connectivity index (χ0v) is 18.0. The summed E-state index contributed by atoms with van der Waals surface area (Å²) in [6.45, 7) is 8.39. The van der Waals surface area contributed by atoms with Crippen molar-refractivity contribution in [1.29, 1.82) is 0 Å². The van der Waals surface area contributed by atoms with Crippen LogP contribution in [0.4, 0.5) is 0 Å². The van der Waals surface area contributed by atoms with Crippen molar-refractivity contribution in [3.8, 4) is 5.75 Å². The Kier molecular flexibility index (Phi) is 8.54. The minimum absolute atomic E-state index is 0.381. The Bertz CT molecular complexity index is 677. The van der Waals surface area contributed by atoms with Gasteiger partial charge in [-0.25, -0.2) is 0 Å². The number of ether oxygens (including phenoxy) is 1. The van der Waals surface area contributed by atoms with Crippen molar-refractivity contribution in [2.24, 2.45) is 5.92 Å². The van der Waals surface area contributed by atoms with Crippen LogP contribution in [0.2, 0.25) is 0 Å². The van der Waals surface area contributed by atoms with Gasteiger partial charge in [-0.05, 0) is 43.4 Å². The Labute approximate surface area is 165 Å². The molecule has 1 atom stereocenters. The van der Waals surface area contributed by atoms with E-state index in [1.165, 1.54) is 14.2 Å². The normalized spacial score (nSPS) is 19.0. The monoisotopic (exact) mass is 397 g/mol. The molecule has 154 valence electrons. The third-order valence-corrected chi connectivity index (χ3v) is 7.54. The molecule has 0 N–H and O–H groups in total. The van der Waals surface area contributed by atoms with Crippen molar-refractivity contribution in [2.45, 2.75) is 33.1 Å². The maximum absolute atomic E-state index is 12.7. The van der Waals surface area contributed by atoms with Crippen LogP contribution < -0.4 is 4.74 Å². The van der Waals surface area contributed by atoms with E-state index in [2.05, 4.69) is 11.0 Å². The van der Waals surface area contributed by atoms with E-state index in [1.54, 1.807) is 14.2 Å². The van der Waals surface area contributed by atoms with Crippen molar-refractivity contribution in [1.82, 2.24) is 13.5 Å². The predicted octanol–water partition coefficient (Wildman–Crippen LogP) is 2.47. The third-order valence-electron chi connectivity index (χ3n) is 5.43. The predicted molar refractivity (Wildman–Crippen MR) is 110 cm³/mol. The average molecular weight is 398 g/mol. The lowest BCUT2D eigenvalue weighted by atomic mass is 9.97. The minimum atomic E-state index is -3.35. The van der Waals surface area contributed by atoms with Gasteiger partial charge in [-0.3, -0.25) is 0 Å². The zero-order valence-electron chi connectivity index (χ0n) is 17.2. The van der Waals surface area contributed by atoms with Crippen LogP contribution >= 0.6 is 0 Å². The molecular formula is C20H35N3O3S. The summed E-state index contributed by atoms with van der Waals surface area (Å²) in [5, 5.41) is 0. The van der Waals surface area contributed by atoms with E-state index < -0.39 is 10.2 Å². The molecule has 1 aliphatic rings. The molecule has 1 fully saturated rings. The molecule has 2 rings (SSSR count). The summed E-state index contributed by atoms with van der Waals surface area (Å²) in [6.07, 6.45) is 3.16. The standard InChI is InChI=1S/C20H35N3O3S/c1-5-23(6-2)27(24,25)21(3)16-18-10-9-14-22(17-18)15-13-19-11-7-8-12-20(19)26-4/h7-8,11-12,18H,5-6,9-10,13-17H2,1-4H3/t18-/m0/s1. The average Bonchev–Trinajstić information content (AvgIpc) is 2.67. The summed E-state index contributed by atoms with van der Waals surface area (Å²) < 4.78 is 33.8. The van der Waals surface area contributed by atoms with Crippen molar-refractivity contribution < 1.29 is 13.2 Å². The largest absolute Gasteiger partial charge is 0.496 e. The molecule has 0 saturated carbocycles. The first kappa shape index (κ1) is 22.1. The number of benzene rings is 1. The topological polar surface area (TPSA) is 53.1 Å². The second-order valence-corrected chi connectivity index (χ2v) is 9.28. The number of methoxy groups -OCH3 is 1. The van der Waals surface area contributed by atoms with Crippen LogP contribution in [0.1, 0.15) is 32.3 Å². The van der Waals surface area contributed by atoms with E-state index in [1.807, 2.05) is 32.0 Å². The van der Waals surface area contributed by atoms with E-state index in [0.29, 0.717) is 25.6 Å². The number of likely N-dealkylation sites (tertiary alicyclic amines) is 1. The van der Waals surface area contributed by atoms with Gasteiger partial charge >= 0.3 is 0 Å². The number of rotatable bonds is 10. The highest BCUT2D eigenvalue weighted by Gasteiger charge is 2.28. The Morgan fingerprint density at radius 1 is 1.22 bits per heavy atom. The van der Waals surface area contributed by atoms with E-state index >= 15 is 0 Å². The van der Waals surface area contributed by atoms with Gasteiger partial charge in [-0.2, -0.15) is 17.0 Å². The molecule has 1 aliphatic heterocycles. The number of piperidine rings is 1. The zero-order chi connectivity index (χ0) is 19.9. The summed E-state index contributed by atoms with van der Waals surface area (Å²) in [6, 6.07) is 8.15. The van der Waals surface area contributed by atoms with Gasteiger partial charge in [-0.15, -0.1) is 0 Å². The lowest BCUT2D eigenvalue weighted by Crippen LogP contribution is -2.46. The lowest BCUT2D eigenvalue weighted by molar-refractivity contribution is 0.161. The first-order valence-corrected chi connectivity index (χ1v) is 11.4. The van der Waals surface area contributed by atoms with Crippen LogP contribution in [0.15, 0.2) is 24.3 Å². The fraction of sp³-hybridized carbons (Fsp3) is 0.700. The Morgan fingerprint density at radius 2 is 1.93 bits per heavy atom. The second-order valence-electron chi connectivity index (χ2n) is 7.24. The molecule has 0 unspecified atom stereocenters. The van der Waals surface area contributed by atoms with Crippen molar-refractivity contribution in [3.63, 3.8) is 0 Å². The first-order chi connectivity index (χ1) is 12.9. The van der Waals surface area contributed by atoms with E-state index in [4.69, 9.17) is 4.74 Å². The molecule has 0 aliphatic carbocycles. The minimum Gasteiger partial charge on any atom is -0.496 e. The smallest absolute Gasteiger partial charge is 0.281 e. The fourth-order valence-corrected chi connectivity index (χ4v) is 5.34. The molecule has 0 spiro atoms. The summed E-state index contributed by atoms with van der Waals surface area (Å²) in [5.74, 6) is 1.32. The molecule has 0 bridgehead atoms. The molecule has 0 aromatic heterocycles. The molecule has 1 aromatic rings. The quantitative estimate of drug-likeness (QED) is 0.609. The molecule has 1 aromatic carbocycles. The van der Waals surface area contributed by atoms with Crippen LogP contribution in [0, 0.1) is 5.92 Å². The van der Waals surface area contributed by atoms with Gasteiger partial charge in [0.05, 0.1) is 7.11 Å². The summed E-state index contributed by atoms with van der Waals surface area (Å²) in [4.78, 5) is 2.46. The molecular weight excluding hydrogens is 362 g/mol. The maximum Gasteiger partial charge on any atom is 0.281 e. The number of nitrogens with zero attached hydrogens (tertiary/aromatic N) is 3. The van der Waals surface area contributed by atoms with Crippen molar-refractivity contribution in [2.75, 3.05) is 53.4 Å². The Morgan fingerprint density at radius 3 is 2.59 bits per heavy atom. The molecule has 1 heterocycles. The second kappa shape index (κ2) is 10.4. The van der Waals surface area contributed by atoms with E-state index in [9.17, 15) is 8.42 Å². The summed E-state index contributed by atoms with van der Waals surface area (Å²) >= 11 is 0. The molecule has 7 heteroatoms. The molecule has 0 amide bonds. The highest BCUT2D eigenvalue weighted by atomic mass is 32.2. The first-order valence-electron chi connectivity index (χ1n) is 9.98. The van der Waals surface area contributed by atoms with Gasteiger partial charge in [0, 0.05) is 39.8 Å². The third kappa shape index (κ3) is 5.91. The number of hydrogen-bond acceptors (Lipinski definition) is 4. The van der Waals surface area contributed by atoms with Gasteiger partial charge < -0.3 is 9.64 Å². The van der Waals surface area contributed by atoms with Crippen molar-refractivity contribution >= 4 is 10.2 Å².